The maximum absolute atomic E-state index is 12.9. The van der Waals surface area contributed by atoms with Crippen molar-refractivity contribution in [3.05, 3.63) is 0 Å². The van der Waals surface area contributed by atoms with Crippen LogP contribution in [0.25, 0.3) is 0 Å². The van der Waals surface area contributed by atoms with Crippen LogP contribution in [0.5, 0.6) is 0 Å². The van der Waals surface area contributed by atoms with Crippen LogP contribution in [0.2, 0.25) is 0 Å². The summed E-state index contributed by atoms with van der Waals surface area (Å²) in [5, 5.41) is 0. The first kappa shape index (κ1) is 34.2. The van der Waals surface area contributed by atoms with E-state index in [4.69, 9.17) is 0 Å². The lowest BCUT2D eigenvalue weighted by molar-refractivity contribution is -0.891. The lowest BCUT2D eigenvalue weighted by atomic mass is 10.1. The molecule has 0 aliphatic rings. The van der Waals surface area contributed by atoms with Crippen molar-refractivity contribution in [2.24, 2.45) is 5.92 Å². The second-order valence-electron chi connectivity index (χ2n) is 11.0. The number of rotatable bonds is 20. The molecule has 1 atom stereocenters. The lowest BCUT2D eigenvalue weighted by Crippen LogP contribution is -2.45. The largest absolute Gasteiger partial charge is 0.748 e. The molecule has 210 valence electrons. The van der Waals surface area contributed by atoms with Gasteiger partial charge in [-0.15, -0.1) is 0 Å². The van der Waals surface area contributed by atoms with Gasteiger partial charge in [0.05, 0.1) is 74.6 Å². The van der Waals surface area contributed by atoms with Gasteiger partial charge in [0, 0.05) is 43.4 Å². The van der Waals surface area contributed by atoms with Gasteiger partial charge in [0.1, 0.15) is 0 Å². The Morgan fingerprint density at radius 1 is 0.714 bits per heavy atom. The van der Waals surface area contributed by atoms with Gasteiger partial charge in [-0.1, -0.05) is 13.8 Å². The van der Waals surface area contributed by atoms with E-state index in [9.17, 15) is 30.7 Å². The highest BCUT2D eigenvalue weighted by Gasteiger charge is 2.22. The van der Waals surface area contributed by atoms with E-state index >= 15 is 0 Å². The summed E-state index contributed by atoms with van der Waals surface area (Å²) in [5.74, 6) is -0.527. The second kappa shape index (κ2) is 15.5. The van der Waals surface area contributed by atoms with Crippen LogP contribution in [0.1, 0.15) is 58.8 Å². The first-order valence-electron chi connectivity index (χ1n) is 12.7. The quantitative estimate of drug-likeness (QED) is 0.129. The molecule has 0 fully saturated rings. The molecule has 1 unspecified atom stereocenters. The van der Waals surface area contributed by atoms with Crippen molar-refractivity contribution in [3.63, 3.8) is 0 Å². The molecule has 0 aliphatic heterocycles. The number of nitrogens with zero attached hydrogens (tertiary/aromatic N) is 3. The minimum Gasteiger partial charge on any atom is -0.748 e. The standard InChI is InChI=1S/C23H49N3O7S2/c1-7-22(2)23(27)24(14-12-18-25(3,4)16-8-10-20-34(28,29)30)15-13-19-26(5,6)17-9-11-21-35(31,32)33/h22H,7-21H2,1-6H3. The van der Waals surface area contributed by atoms with Gasteiger partial charge in [-0.3, -0.25) is 4.79 Å². The maximum Gasteiger partial charge on any atom is 0.225 e. The summed E-state index contributed by atoms with van der Waals surface area (Å²) < 4.78 is 66.0. The summed E-state index contributed by atoms with van der Waals surface area (Å²) in [6.45, 7) is 8.51. The van der Waals surface area contributed by atoms with Crippen molar-refractivity contribution in [2.75, 3.05) is 79.0 Å². The highest BCUT2D eigenvalue weighted by atomic mass is 32.2. The van der Waals surface area contributed by atoms with E-state index in [-0.39, 0.29) is 23.3 Å². The molecule has 0 bridgehead atoms. The van der Waals surface area contributed by atoms with E-state index < -0.39 is 20.2 Å². The number of carbonyl (C=O) groups is 1. The minimum atomic E-state index is -4.16. The SMILES string of the molecule is CCC(C)C(=O)N(CCC[N+](C)(C)CCCCS(=O)(=O)[O-])CCC[N+](C)(C)CCCCS(=O)(=O)[O-]. The van der Waals surface area contributed by atoms with Crippen molar-refractivity contribution in [2.45, 2.75) is 58.8 Å². The average Bonchev–Trinajstić information content (AvgIpc) is 2.70. The van der Waals surface area contributed by atoms with E-state index in [1.165, 1.54) is 0 Å². The van der Waals surface area contributed by atoms with Crippen LogP contribution in [0.15, 0.2) is 0 Å². The summed E-state index contributed by atoms with van der Waals surface area (Å²) in [6, 6.07) is 0. The number of carbonyl (C=O) groups excluding carboxylic acids is 1. The maximum atomic E-state index is 12.9. The Hall–Kier alpha value is -0.790. The van der Waals surface area contributed by atoms with Gasteiger partial charge in [-0.25, -0.2) is 16.8 Å². The van der Waals surface area contributed by atoms with Gasteiger partial charge in [0.15, 0.2) is 0 Å². The molecule has 10 nitrogen and oxygen atoms in total. The summed E-state index contributed by atoms with van der Waals surface area (Å²) in [7, 11) is -0.0273. The number of hydrogen-bond donors (Lipinski definition) is 0. The Morgan fingerprint density at radius 2 is 1.06 bits per heavy atom. The topological polar surface area (TPSA) is 135 Å². The van der Waals surface area contributed by atoms with E-state index in [2.05, 4.69) is 28.2 Å². The van der Waals surface area contributed by atoms with Crippen LogP contribution < -0.4 is 0 Å². The van der Waals surface area contributed by atoms with Crippen molar-refractivity contribution < 1.29 is 39.7 Å². The predicted octanol–water partition coefficient (Wildman–Crippen LogP) is 1.44. The molecule has 0 saturated carbocycles. The number of unbranched alkanes of at least 4 members (excludes halogenated alkanes) is 2. The Kier molecular flexibility index (Phi) is 15.1. The van der Waals surface area contributed by atoms with E-state index in [0.717, 1.165) is 45.4 Å². The fourth-order valence-electron chi connectivity index (χ4n) is 4.06. The van der Waals surface area contributed by atoms with Crippen LogP contribution in [-0.4, -0.2) is 125 Å². The Morgan fingerprint density at radius 3 is 1.37 bits per heavy atom. The van der Waals surface area contributed by atoms with Crippen LogP contribution >= 0.6 is 0 Å². The predicted molar refractivity (Wildman–Crippen MR) is 137 cm³/mol. The number of quaternary nitrogens is 2. The summed E-state index contributed by atoms with van der Waals surface area (Å²) in [6.07, 6.45) is 4.51. The molecular formula is C23H49N3O7S2. The molecule has 1 amide bonds. The molecule has 0 aromatic rings. The Balaban J connectivity index is 4.66. The second-order valence-corrected chi connectivity index (χ2v) is 14.1. The van der Waals surface area contributed by atoms with Crippen molar-refractivity contribution in [1.82, 2.24) is 4.90 Å². The molecule has 0 rings (SSSR count). The molecular weight excluding hydrogens is 494 g/mol. The third-order valence-electron chi connectivity index (χ3n) is 6.54. The number of amides is 1. The minimum absolute atomic E-state index is 0.0388. The van der Waals surface area contributed by atoms with Crippen LogP contribution in [0, 0.1) is 5.92 Å². The number of hydrogen-bond acceptors (Lipinski definition) is 7. The Labute approximate surface area is 214 Å². The molecule has 0 heterocycles. The van der Waals surface area contributed by atoms with Crippen LogP contribution in [-0.2, 0) is 25.0 Å². The normalized spacial score (nSPS) is 14.2. The molecule has 0 aliphatic carbocycles. The molecule has 0 spiro atoms. The first-order valence-corrected chi connectivity index (χ1v) is 15.8. The summed E-state index contributed by atoms with van der Waals surface area (Å²) in [5.41, 5.74) is 0. The van der Waals surface area contributed by atoms with Crippen LogP contribution in [0.4, 0.5) is 0 Å². The van der Waals surface area contributed by atoms with Gasteiger partial charge in [-0.2, -0.15) is 0 Å². The van der Waals surface area contributed by atoms with Gasteiger partial charge in [0.25, 0.3) is 0 Å². The zero-order valence-corrected chi connectivity index (χ0v) is 24.3. The van der Waals surface area contributed by atoms with E-state index in [1.807, 2.05) is 18.7 Å². The van der Waals surface area contributed by atoms with E-state index in [1.54, 1.807) is 0 Å². The first-order chi connectivity index (χ1) is 15.9. The lowest BCUT2D eigenvalue weighted by Gasteiger charge is -2.33. The fourth-order valence-corrected chi connectivity index (χ4v) is 5.17. The van der Waals surface area contributed by atoms with Gasteiger partial charge < -0.3 is 23.0 Å². The molecule has 0 aromatic carbocycles. The third-order valence-corrected chi connectivity index (χ3v) is 8.12. The highest BCUT2D eigenvalue weighted by Crippen LogP contribution is 2.12. The molecule has 0 aromatic heterocycles. The fraction of sp³-hybridized carbons (Fsp3) is 0.957. The van der Waals surface area contributed by atoms with Crippen LogP contribution in [0.3, 0.4) is 0 Å². The highest BCUT2D eigenvalue weighted by molar-refractivity contribution is 7.85. The molecule has 0 radical (unpaired) electrons. The van der Waals surface area contributed by atoms with Crippen molar-refractivity contribution in [1.29, 1.82) is 0 Å². The third kappa shape index (κ3) is 19.0. The molecule has 0 saturated heterocycles. The smallest absolute Gasteiger partial charge is 0.225 e. The molecule has 35 heavy (non-hydrogen) atoms. The average molecular weight is 544 g/mol. The zero-order chi connectivity index (χ0) is 27.3. The zero-order valence-electron chi connectivity index (χ0n) is 22.7. The van der Waals surface area contributed by atoms with Crippen molar-refractivity contribution >= 4 is 26.1 Å². The van der Waals surface area contributed by atoms with E-state index in [0.29, 0.717) is 47.7 Å². The summed E-state index contributed by atoms with van der Waals surface area (Å²) >= 11 is 0. The van der Waals surface area contributed by atoms with Crippen molar-refractivity contribution in [3.8, 4) is 0 Å². The molecule has 12 heteroatoms. The monoisotopic (exact) mass is 543 g/mol. The van der Waals surface area contributed by atoms with Gasteiger partial charge >= 0.3 is 0 Å². The Bertz CT molecular complexity index is 770. The van der Waals surface area contributed by atoms with Gasteiger partial charge in [0.2, 0.25) is 5.91 Å². The summed E-state index contributed by atoms with van der Waals surface area (Å²) in [4.78, 5) is 14.9. The molecule has 0 N–H and O–H groups in total. The van der Waals surface area contributed by atoms with Gasteiger partial charge in [-0.05, 0) is 32.1 Å².